The number of nitrogens with one attached hydrogen (secondary N) is 1. The van der Waals surface area contributed by atoms with Gasteiger partial charge in [0.1, 0.15) is 6.61 Å². The van der Waals surface area contributed by atoms with Crippen LogP contribution in [0.15, 0.2) is 29.3 Å². The summed E-state index contributed by atoms with van der Waals surface area (Å²) in [7, 11) is 3.45. The monoisotopic (exact) mass is 431 g/mol. The van der Waals surface area contributed by atoms with Crippen molar-refractivity contribution < 1.29 is 27.4 Å². The molecule has 6 nitrogen and oxygen atoms in total. The fourth-order valence-electron chi connectivity index (χ4n) is 3.24. The predicted molar refractivity (Wildman–Crippen MR) is 109 cm³/mol. The zero-order chi connectivity index (χ0) is 21.8. The normalized spacial score (nSPS) is 16.2. The van der Waals surface area contributed by atoms with Crippen molar-refractivity contribution in [2.45, 2.75) is 44.7 Å². The number of halogens is 3. The van der Waals surface area contributed by atoms with Crippen LogP contribution in [-0.4, -0.2) is 70.2 Å². The first-order valence-electron chi connectivity index (χ1n) is 10.2. The molecule has 1 heterocycles. The molecule has 1 aromatic carbocycles. The van der Waals surface area contributed by atoms with Crippen LogP contribution >= 0.6 is 0 Å². The molecule has 0 spiro atoms. The van der Waals surface area contributed by atoms with E-state index in [1.165, 1.54) is 0 Å². The first kappa shape index (κ1) is 24.4. The van der Waals surface area contributed by atoms with Crippen LogP contribution in [0.2, 0.25) is 0 Å². The van der Waals surface area contributed by atoms with Crippen LogP contribution in [0.25, 0.3) is 0 Å². The Labute approximate surface area is 176 Å². The van der Waals surface area contributed by atoms with Crippen LogP contribution < -0.4 is 5.32 Å². The van der Waals surface area contributed by atoms with E-state index < -0.39 is 12.8 Å². The molecule has 0 saturated carbocycles. The van der Waals surface area contributed by atoms with Gasteiger partial charge in [0.25, 0.3) is 0 Å². The van der Waals surface area contributed by atoms with Crippen molar-refractivity contribution >= 4 is 5.96 Å². The highest BCUT2D eigenvalue weighted by molar-refractivity contribution is 5.79. The van der Waals surface area contributed by atoms with Crippen molar-refractivity contribution in [2.24, 2.45) is 4.99 Å². The van der Waals surface area contributed by atoms with Crippen LogP contribution in [0.5, 0.6) is 0 Å². The van der Waals surface area contributed by atoms with Gasteiger partial charge >= 0.3 is 6.18 Å². The van der Waals surface area contributed by atoms with Crippen molar-refractivity contribution in [2.75, 3.05) is 47.1 Å². The Balaban J connectivity index is 1.70. The molecule has 1 saturated heterocycles. The molecule has 0 aliphatic carbocycles. The number of piperidine rings is 1. The summed E-state index contributed by atoms with van der Waals surface area (Å²) in [5.41, 5.74) is 1.73. The van der Waals surface area contributed by atoms with E-state index in [-0.39, 0.29) is 12.7 Å². The Morgan fingerprint density at radius 2 is 1.80 bits per heavy atom. The first-order valence-corrected chi connectivity index (χ1v) is 10.2. The summed E-state index contributed by atoms with van der Waals surface area (Å²) in [6.45, 7) is 2.50. The van der Waals surface area contributed by atoms with Crippen molar-refractivity contribution in [1.82, 2.24) is 10.2 Å². The van der Waals surface area contributed by atoms with Crippen molar-refractivity contribution in [3.8, 4) is 0 Å². The number of alkyl halides is 3. The molecule has 0 atom stereocenters. The molecule has 1 aliphatic heterocycles. The number of ether oxygens (including phenoxy) is 3. The number of methoxy groups -OCH3 is 1. The number of benzene rings is 1. The molecule has 30 heavy (non-hydrogen) atoms. The number of rotatable bonds is 10. The Morgan fingerprint density at radius 3 is 2.40 bits per heavy atom. The highest BCUT2D eigenvalue weighted by atomic mass is 19.4. The summed E-state index contributed by atoms with van der Waals surface area (Å²) in [6.07, 6.45) is -1.19. The minimum atomic E-state index is -4.30. The number of aliphatic imine (C=N–C) groups is 1. The standard InChI is InChI=1S/C21H32F3N3O3/c1-25-20(27-10-8-19(9-11-27)30-13-3-12-28-2)26-14-17-4-6-18(7-5-17)15-29-16-21(22,23)24/h4-7,19H,3,8-16H2,1-2H3,(H,25,26). The fourth-order valence-corrected chi connectivity index (χ4v) is 3.24. The Kier molecular flexibility index (Phi) is 10.4. The molecule has 1 aromatic rings. The second kappa shape index (κ2) is 12.8. The molecule has 170 valence electrons. The van der Waals surface area contributed by atoms with E-state index in [0.717, 1.165) is 57.1 Å². The van der Waals surface area contributed by atoms with Crippen LogP contribution in [-0.2, 0) is 27.4 Å². The smallest absolute Gasteiger partial charge is 0.385 e. The number of hydrogen-bond donors (Lipinski definition) is 1. The van der Waals surface area contributed by atoms with E-state index in [9.17, 15) is 13.2 Å². The summed E-state index contributed by atoms with van der Waals surface area (Å²) < 4.78 is 52.0. The first-order chi connectivity index (χ1) is 14.4. The Hall–Kier alpha value is -1.84. The molecule has 2 rings (SSSR count). The largest absolute Gasteiger partial charge is 0.411 e. The quantitative estimate of drug-likeness (QED) is 0.350. The van der Waals surface area contributed by atoms with Crippen molar-refractivity contribution in [3.05, 3.63) is 35.4 Å². The third-order valence-electron chi connectivity index (χ3n) is 4.81. The molecule has 0 amide bonds. The van der Waals surface area contributed by atoms with Crippen LogP contribution in [0.4, 0.5) is 13.2 Å². The number of likely N-dealkylation sites (tertiary alicyclic amines) is 1. The van der Waals surface area contributed by atoms with Gasteiger partial charge in [0.05, 0.1) is 12.7 Å². The van der Waals surface area contributed by atoms with Gasteiger partial charge in [-0.3, -0.25) is 4.99 Å². The van der Waals surface area contributed by atoms with E-state index in [1.807, 2.05) is 12.1 Å². The van der Waals surface area contributed by atoms with Gasteiger partial charge < -0.3 is 24.4 Å². The van der Waals surface area contributed by atoms with Gasteiger partial charge in [-0.05, 0) is 30.4 Å². The predicted octanol–water partition coefficient (Wildman–Crippen LogP) is 3.36. The highest BCUT2D eigenvalue weighted by Crippen LogP contribution is 2.16. The van der Waals surface area contributed by atoms with E-state index in [2.05, 4.69) is 19.9 Å². The van der Waals surface area contributed by atoms with Gasteiger partial charge in [0, 0.05) is 47.0 Å². The molecule has 1 aliphatic rings. The summed E-state index contributed by atoms with van der Waals surface area (Å²) in [4.78, 5) is 6.58. The maximum atomic E-state index is 12.1. The van der Waals surface area contributed by atoms with Gasteiger partial charge in [0.2, 0.25) is 0 Å². The van der Waals surface area contributed by atoms with Crippen LogP contribution in [0, 0.1) is 0 Å². The topological polar surface area (TPSA) is 55.3 Å². The van der Waals surface area contributed by atoms with Crippen molar-refractivity contribution in [1.29, 1.82) is 0 Å². The van der Waals surface area contributed by atoms with Crippen LogP contribution in [0.1, 0.15) is 30.4 Å². The lowest BCUT2D eigenvalue weighted by Gasteiger charge is -2.34. The molecular weight excluding hydrogens is 399 g/mol. The summed E-state index contributed by atoms with van der Waals surface area (Å²) in [5.74, 6) is 0.838. The molecule has 0 bridgehead atoms. The van der Waals surface area contributed by atoms with Crippen molar-refractivity contribution in [3.63, 3.8) is 0 Å². The second-order valence-electron chi connectivity index (χ2n) is 7.23. The summed E-state index contributed by atoms with van der Waals surface area (Å²) in [5, 5.41) is 3.35. The highest BCUT2D eigenvalue weighted by Gasteiger charge is 2.27. The van der Waals surface area contributed by atoms with Gasteiger partial charge in [-0.15, -0.1) is 0 Å². The van der Waals surface area contributed by atoms with Gasteiger partial charge in [-0.2, -0.15) is 13.2 Å². The lowest BCUT2D eigenvalue weighted by atomic mass is 10.1. The minimum absolute atomic E-state index is 0.0582. The molecule has 0 radical (unpaired) electrons. The average Bonchev–Trinajstić information content (AvgIpc) is 2.73. The molecular formula is C21H32F3N3O3. The number of guanidine groups is 1. The lowest BCUT2D eigenvalue weighted by molar-refractivity contribution is -0.176. The van der Waals surface area contributed by atoms with E-state index in [4.69, 9.17) is 9.47 Å². The lowest BCUT2D eigenvalue weighted by Crippen LogP contribution is -2.46. The fraction of sp³-hybridized carbons (Fsp3) is 0.667. The van der Waals surface area contributed by atoms with Crippen LogP contribution in [0.3, 0.4) is 0 Å². The number of hydrogen-bond acceptors (Lipinski definition) is 4. The third-order valence-corrected chi connectivity index (χ3v) is 4.81. The molecule has 1 N–H and O–H groups in total. The van der Waals surface area contributed by atoms with Gasteiger partial charge in [-0.1, -0.05) is 24.3 Å². The van der Waals surface area contributed by atoms with E-state index in [0.29, 0.717) is 12.1 Å². The SMILES string of the molecule is CN=C(NCc1ccc(COCC(F)(F)F)cc1)N1CCC(OCCCOC)CC1. The Bertz CT molecular complexity index is 631. The molecule has 9 heteroatoms. The van der Waals surface area contributed by atoms with Gasteiger partial charge in [0.15, 0.2) is 5.96 Å². The zero-order valence-electron chi connectivity index (χ0n) is 17.7. The molecule has 0 unspecified atom stereocenters. The second-order valence-corrected chi connectivity index (χ2v) is 7.23. The third kappa shape index (κ3) is 9.32. The maximum absolute atomic E-state index is 12.1. The Morgan fingerprint density at radius 1 is 1.13 bits per heavy atom. The summed E-state index contributed by atoms with van der Waals surface area (Å²) >= 11 is 0. The molecule has 1 fully saturated rings. The van der Waals surface area contributed by atoms with E-state index in [1.54, 1.807) is 26.3 Å². The van der Waals surface area contributed by atoms with E-state index >= 15 is 0 Å². The number of nitrogens with zero attached hydrogens (tertiary/aromatic N) is 2. The maximum Gasteiger partial charge on any atom is 0.411 e. The minimum Gasteiger partial charge on any atom is -0.385 e. The van der Waals surface area contributed by atoms with Gasteiger partial charge in [-0.25, -0.2) is 0 Å². The summed E-state index contributed by atoms with van der Waals surface area (Å²) in [6, 6.07) is 7.32. The molecule has 0 aromatic heterocycles. The average molecular weight is 431 g/mol. The zero-order valence-corrected chi connectivity index (χ0v) is 17.7.